The standard InChI is InChI=1S/C42H49N5O2/c1-5-7-10-31(6-2)30-43-42(49)45-39-21-17-33(18-22-39)26-35-12-9-14-37(28-35)29-36-13-8-11-34(27-36)25-32-15-19-38(20-16-32)44-40(48)41-46(3)23-24-47(41)4/h8-9,11-24,27-28,31H,5-7,10,25-26,29-30H2,1-4H3,(H2-,43,44,45,48,49). The van der Waals surface area contributed by atoms with Gasteiger partial charge in [-0.3, -0.25) is 4.99 Å². The number of carbonyl (C=O) groups excluding carboxylic acids is 1. The summed E-state index contributed by atoms with van der Waals surface area (Å²) in [5.74, 6) is 0.806. The zero-order valence-electron chi connectivity index (χ0n) is 29.3. The Morgan fingerprint density at radius 1 is 0.816 bits per heavy atom. The predicted octanol–water partition coefficient (Wildman–Crippen LogP) is 7.40. The van der Waals surface area contributed by atoms with Crippen LogP contribution in [0, 0.1) is 5.92 Å². The minimum Gasteiger partial charge on any atom is -0.853 e. The Labute approximate surface area is 291 Å². The molecule has 0 saturated heterocycles. The van der Waals surface area contributed by atoms with Crippen LogP contribution in [-0.4, -0.2) is 23.0 Å². The van der Waals surface area contributed by atoms with Crippen LogP contribution >= 0.6 is 0 Å². The van der Waals surface area contributed by atoms with E-state index in [4.69, 9.17) is 0 Å². The van der Waals surface area contributed by atoms with E-state index in [2.05, 4.69) is 90.1 Å². The number of unbranched alkanes of at least 4 members (excludes halogenated alkanes) is 1. The van der Waals surface area contributed by atoms with E-state index >= 15 is 0 Å². The van der Waals surface area contributed by atoms with Gasteiger partial charge in [-0.25, -0.2) is 13.9 Å². The lowest BCUT2D eigenvalue weighted by atomic mass is 9.97. The Hall–Kier alpha value is -5.17. The molecule has 0 aliphatic heterocycles. The van der Waals surface area contributed by atoms with Gasteiger partial charge in [0.1, 0.15) is 12.4 Å². The molecule has 254 valence electrons. The summed E-state index contributed by atoms with van der Waals surface area (Å²) in [6.45, 7) is 5.10. The van der Waals surface area contributed by atoms with Crippen molar-refractivity contribution in [1.82, 2.24) is 9.88 Å². The van der Waals surface area contributed by atoms with Gasteiger partial charge in [-0.2, -0.15) is 0 Å². The molecule has 0 bridgehead atoms. The molecule has 0 saturated carbocycles. The quantitative estimate of drug-likeness (QED) is 0.0700. The lowest BCUT2D eigenvalue weighted by Crippen LogP contribution is -2.39. The number of nitrogens with zero attached hydrogens (tertiary/aromatic N) is 3. The molecule has 5 aromatic rings. The second-order valence-electron chi connectivity index (χ2n) is 13.0. The van der Waals surface area contributed by atoms with E-state index in [0.717, 1.165) is 37.8 Å². The highest BCUT2D eigenvalue weighted by Gasteiger charge is 2.12. The van der Waals surface area contributed by atoms with Crippen LogP contribution in [0.4, 0.5) is 16.2 Å². The first-order chi connectivity index (χ1) is 23.8. The molecular formula is C42H49N5O2. The molecule has 0 radical (unpaired) electrons. The zero-order valence-corrected chi connectivity index (χ0v) is 29.3. The van der Waals surface area contributed by atoms with Gasteiger partial charge in [0.05, 0.1) is 25.7 Å². The summed E-state index contributed by atoms with van der Waals surface area (Å²) in [5, 5.41) is 18.7. The summed E-state index contributed by atoms with van der Waals surface area (Å²) in [6.07, 6.45) is 10.8. The summed E-state index contributed by atoms with van der Waals surface area (Å²) < 4.78 is 3.56. The van der Waals surface area contributed by atoms with Gasteiger partial charge in [-0.05, 0) is 89.2 Å². The number of amides is 2. The summed E-state index contributed by atoms with van der Waals surface area (Å²) in [5.41, 5.74) is 8.87. The van der Waals surface area contributed by atoms with Crippen LogP contribution in [0.3, 0.4) is 0 Å². The second-order valence-corrected chi connectivity index (χ2v) is 13.0. The van der Waals surface area contributed by atoms with Crippen LogP contribution in [0.15, 0.2) is 114 Å². The molecule has 1 unspecified atom stereocenters. The summed E-state index contributed by atoms with van der Waals surface area (Å²) in [7, 11) is 3.69. The Morgan fingerprint density at radius 3 is 1.88 bits per heavy atom. The maximum Gasteiger partial charge on any atom is 0.319 e. The molecule has 0 spiro atoms. The highest BCUT2D eigenvalue weighted by atomic mass is 16.3. The maximum absolute atomic E-state index is 12.7. The number of anilines is 1. The Morgan fingerprint density at radius 2 is 1.37 bits per heavy atom. The molecule has 5 rings (SSSR count). The van der Waals surface area contributed by atoms with Gasteiger partial charge in [0, 0.05) is 12.2 Å². The SMILES string of the molecule is CCCCC(CC)CNC(=O)Nc1ccc(Cc2cccc(Cc3cccc(Cc4ccc(N=C([O-])c5n(C)cc[n+]5C)cc4)c3)c2)cc1. The second kappa shape index (κ2) is 17.3. The van der Waals surface area contributed by atoms with E-state index in [1.165, 1.54) is 46.2 Å². The number of benzene rings is 4. The van der Waals surface area contributed by atoms with Crippen molar-refractivity contribution in [3.63, 3.8) is 0 Å². The first-order valence-electron chi connectivity index (χ1n) is 17.4. The fraction of sp³-hybridized carbons (Fsp3) is 0.310. The average Bonchev–Trinajstić information content (AvgIpc) is 3.44. The number of urea groups is 1. The fourth-order valence-corrected chi connectivity index (χ4v) is 6.22. The molecule has 1 heterocycles. The zero-order chi connectivity index (χ0) is 34.6. The van der Waals surface area contributed by atoms with Crippen molar-refractivity contribution in [3.05, 3.63) is 149 Å². The molecule has 7 nitrogen and oxygen atoms in total. The molecule has 2 N–H and O–H groups in total. The number of imidazole rings is 1. The van der Waals surface area contributed by atoms with Crippen molar-refractivity contribution >= 4 is 23.3 Å². The number of nitrogens with one attached hydrogen (secondary N) is 2. The van der Waals surface area contributed by atoms with E-state index in [0.29, 0.717) is 24.0 Å². The van der Waals surface area contributed by atoms with Crippen LogP contribution in [-0.2, 0) is 33.4 Å². The maximum atomic E-state index is 12.7. The number of aryl methyl sites for hydroxylation is 2. The third kappa shape index (κ3) is 10.4. The Balaban J connectivity index is 1.14. The highest BCUT2D eigenvalue weighted by Crippen LogP contribution is 2.20. The topological polar surface area (TPSA) is 85.4 Å². The average molecular weight is 656 g/mol. The van der Waals surface area contributed by atoms with Crippen molar-refractivity contribution in [2.24, 2.45) is 25.0 Å². The van der Waals surface area contributed by atoms with Gasteiger partial charge < -0.3 is 15.7 Å². The minimum atomic E-state index is -0.260. The largest absolute Gasteiger partial charge is 0.853 e. The number of aromatic nitrogens is 2. The first kappa shape index (κ1) is 35.1. The number of carbonyl (C=O) groups is 1. The molecule has 1 atom stereocenters. The van der Waals surface area contributed by atoms with Gasteiger partial charge in [0.2, 0.25) is 0 Å². The van der Waals surface area contributed by atoms with Crippen molar-refractivity contribution in [2.45, 2.75) is 58.8 Å². The lowest BCUT2D eigenvalue weighted by Gasteiger charge is -2.15. The van der Waals surface area contributed by atoms with Crippen molar-refractivity contribution < 1.29 is 14.5 Å². The molecule has 4 aromatic carbocycles. The van der Waals surface area contributed by atoms with Crippen LogP contribution < -0.4 is 20.3 Å². The Kier molecular flexibility index (Phi) is 12.4. The molecule has 49 heavy (non-hydrogen) atoms. The van der Waals surface area contributed by atoms with E-state index in [9.17, 15) is 9.90 Å². The number of rotatable bonds is 15. The van der Waals surface area contributed by atoms with E-state index in [1.54, 1.807) is 9.13 Å². The monoisotopic (exact) mass is 655 g/mol. The third-order valence-electron chi connectivity index (χ3n) is 9.05. The van der Waals surface area contributed by atoms with Crippen LogP contribution in [0.5, 0.6) is 0 Å². The van der Waals surface area contributed by atoms with Crippen molar-refractivity contribution in [3.8, 4) is 0 Å². The van der Waals surface area contributed by atoms with Crippen molar-refractivity contribution in [1.29, 1.82) is 0 Å². The fourth-order valence-electron chi connectivity index (χ4n) is 6.22. The molecule has 0 aliphatic carbocycles. The smallest absolute Gasteiger partial charge is 0.319 e. The number of aliphatic imine (C=N–C) groups is 1. The molecule has 0 fully saturated rings. The molecule has 2 amide bonds. The van der Waals surface area contributed by atoms with Gasteiger partial charge in [-0.1, -0.05) is 106 Å². The van der Waals surface area contributed by atoms with Crippen LogP contribution in [0.1, 0.15) is 78.7 Å². The lowest BCUT2D eigenvalue weighted by molar-refractivity contribution is -0.674. The van der Waals surface area contributed by atoms with Gasteiger partial charge in [0.15, 0.2) is 0 Å². The molecule has 0 aliphatic rings. The molecule has 7 heteroatoms. The molecule has 1 aromatic heterocycles. The molecular weight excluding hydrogens is 606 g/mol. The van der Waals surface area contributed by atoms with E-state index in [1.807, 2.05) is 62.9 Å². The predicted molar refractivity (Wildman–Crippen MR) is 197 cm³/mol. The van der Waals surface area contributed by atoms with Crippen molar-refractivity contribution in [2.75, 3.05) is 11.9 Å². The first-order valence-corrected chi connectivity index (χ1v) is 17.4. The summed E-state index contributed by atoms with van der Waals surface area (Å²) in [4.78, 5) is 16.7. The Bertz CT molecular complexity index is 1820. The highest BCUT2D eigenvalue weighted by molar-refractivity contribution is 5.89. The van der Waals surface area contributed by atoms with Crippen LogP contribution in [0.2, 0.25) is 0 Å². The summed E-state index contributed by atoms with van der Waals surface area (Å²) in [6, 6.07) is 33.4. The van der Waals surface area contributed by atoms with Gasteiger partial charge in [0.25, 0.3) is 5.82 Å². The van der Waals surface area contributed by atoms with Gasteiger partial charge in [-0.15, -0.1) is 0 Å². The summed E-state index contributed by atoms with van der Waals surface area (Å²) >= 11 is 0. The minimum absolute atomic E-state index is 0.144. The van der Waals surface area contributed by atoms with E-state index in [-0.39, 0.29) is 11.9 Å². The van der Waals surface area contributed by atoms with Gasteiger partial charge >= 0.3 is 6.03 Å². The number of hydrogen-bond acceptors (Lipinski definition) is 3. The number of hydrogen-bond donors (Lipinski definition) is 2. The normalized spacial score (nSPS) is 12.1. The van der Waals surface area contributed by atoms with E-state index < -0.39 is 0 Å². The van der Waals surface area contributed by atoms with Crippen LogP contribution in [0.25, 0.3) is 0 Å². The third-order valence-corrected chi connectivity index (χ3v) is 9.05.